The second kappa shape index (κ2) is 12.5. The van der Waals surface area contributed by atoms with Gasteiger partial charge in [-0.3, -0.25) is 4.79 Å². The van der Waals surface area contributed by atoms with Crippen LogP contribution in [0.5, 0.6) is 17.2 Å². The highest BCUT2D eigenvalue weighted by Gasteiger charge is 2.42. The van der Waals surface area contributed by atoms with Crippen molar-refractivity contribution >= 4 is 5.97 Å². The third kappa shape index (κ3) is 6.74. The number of fused-ring (bicyclic) bond motifs is 1. The van der Waals surface area contributed by atoms with Crippen molar-refractivity contribution < 1.29 is 24.9 Å². The average molecular weight is 497 g/mol. The van der Waals surface area contributed by atoms with Crippen LogP contribution in [0.1, 0.15) is 108 Å². The average Bonchev–Trinajstić information content (AvgIpc) is 2.85. The molecular weight excluding hydrogens is 452 g/mol. The van der Waals surface area contributed by atoms with E-state index < -0.39 is 11.4 Å². The zero-order chi connectivity index (χ0) is 26.2. The van der Waals surface area contributed by atoms with Crippen LogP contribution in [0.4, 0.5) is 0 Å². The lowest BCUT2D eigenvalue weighted by molar-refractivity contribution is -0.149. The molecule has 3 rings (SSSR count). The molecule has 3 N–H and O–H groups in total. The fourth-order valence-electron chi connectivity index (χ4n) is 5.68. The van der Waals surface area contributed by atoms with E-state index in [1.54, 1.807) is 24.3 Å². The molecule has 3 unspecified atom stereocenters. The van der Waals surface area contributed by atoms with E-state index in [0.29, 0.717) is 6.61 Å². The van der Waals surface area contributed by atoms with Crippen molar-refractivity contribution in [2.75, 3.05) is 6.61 Å². The summed E-state index contributed by atoms with van der Waals surface area (Å²) in [5.41, 5.74) is 1.47. The maximum absolute atomic E-state index is 11.7. The maximum atomic E-state index is 11.7. The van der Waals surface area contributed by atoms with Crippen LogP contribution in [0.25, 0.3) is 0 Å². The SMILES string of the molecule is CCCCC(C)(CCCCCCCCC1c2ccc(O)cc2OCC1(C)c1ccc(O)cc1)C(=O)O. The van der Waals surface area contributed by atoms with Crippen LogP contribution < -0.4 is 4.74 Å². The topological polar surface area (TPSA) is 87.0 Å². The molecule has 5 nitrogen and oxygen atoms in total. The number of rotatable bonds is 14. The van der Waals surface area contributed by atoms with Crippen molar-refractivity contribution in [2.45, 2.75) is 103 Å². The molecule has 0 spiro atoms. The van der Waals surface area contributed by atoms with E-state index >= 15 is 0 Å². The number of hydrogen-bond donors (Lipinski definition) is 3. The molecule has 1 aliphatic heterocycles. The van der Waals surface area contributed by atoms with Crippen molar-refractivity contribution in [1.82, 2.24) is 0 Å². The predicted molar refractivity (Wildman–Crippen MR) is 144 cm³/mol. The quantitative estimate of drug-likeness (QED) is 0.231. The van der Waals surface area contributed by atoms with Crippen LogP contribution in [-0.2, 0) is 10.2 Å². The van der Waals surface area contributed by atoms with Gasteiger partial charge in [0.2, 0.25) is 0 Å². The largest absolute Gasteiger partial charge is 0.508 e. The molecule has 2 aromatic rings. The number of carbonyl (C=O) groups is 1. The van der Waals surface area contributed by atoms with Gasteiger partial charge in [0.25, 0.3) is 0 Å². The molecule has 0 amide bonds. The summed E-state index contributed by atoms with van der Waals surface area (Å²) < 4.78 is 6.11. The first kappa shape index (κ1) is 27.9. The minimum absolute atomic E-state index is 0.217. The Bertz CT molecular complexity index is 985. The highest BCUT2D eigenvalue weighted by Crippen LogP contribution is 2.49. The zero-order valence-corrected chi connectivity index (χ0v) is 22.3. The number of hydrogen-bond acceptors (Lipinski definition) is 4. The number of carboxylic acid groups (broad SMARTS) is 1. The monoisotopic (exact) mass is 496 g/mol. The van der Waals surface area contributed by atoms with Gasteiger partial charge < -0.3 is 20.1 Å². The van der Waals surface area contributed by atoms with Crippen LogP contribution >= 0.6 is 0 Å². The van der Waals surface area contributed by atoms with Gasteiger partial charge in [0, 0.05) is 17.4 Å². The number of aromatic hydroxyl groups is 2. The number of phenols is 2. The summed E-state index contributed by atoms with van der Waals surface area (Å²) in [6, 6.07) is 12.9. The first-order valence-electron chi connectivity index (χ1n) is 13.7. The standard InChI is InChI=1S/C31H44O5/c1-4-5-19-30(2,29(34)35)20-11-9-7-6-8-10-12-27-26-18-17-25(33)21-28(26)36-22-31(27,3)23-13-15-24(32)16-14-23/h13-18,21,27,32-33H,4-12,19-20,22H2,1-3H3,(H,34,35). The summed E-state index contributed by atoms with van der Waals surface area (Å²) in [4.78, 5) is 11.7. The van der Waals surface area contributed by atoms with Gasteiger partial charge in [0.15, 0.2) is 0 Å². The Labute approximate surface area is 216 Å². The van der Waals surface area contributed by atoms with E-state index in [-0.39, 0.29) is 22.8 Å². The molecule has 0 radical (unpaired) electrons. The molecule has 0 saturated heterocycles. The fourth-order valence-corrected chi connectivity index (χ4v) is 5.68. The van der Waals surface area contributed by atoms with E-state index in [4.69, 9.17) is 4.74 Å². The summed E-state index contributed by atoms with van der Waals surface area (Å²) in [6.45, 7) is 6.77. The summed E-state index contributed by atoms with van der Waals surface area (Å²) in [7, 11) is 0. The molecule has 0 fully saturated rings. The first-order valence-corrected chi connectivity index (χ1v) is 13.7. The molecule has 0 aromatic heterocycles. The molecule has 5 heteroatoms. The smallest absolute Gasteiger partial charge is 0.309 e. The third-order valence-corrected chi connectivity index (χ3v) is 8.27. The Morgan fingerprint density at radius 3 is 2.22 bits per heavy atom. The maximum Gasteiger partial charge on any atom is 0.309 e. The molecule has 36 heavy (non-hydrogen) atoms. The lowest BCUT2D eigenvalue weighted by Crippen LogP contribution is -2.40. The van der Waals surface area contributed by atoms with Crippen molar-refractivity contribution in [1.29, 1.82) is 0 Å². The minimum atomic E-state index is -0.655. The number of phenolic OH excluding ortho intramolecular Hbond substituents is 2. The number of aliphatic carboxylic acids is 1. The van der Waals surface area contributed by atoms with Gasteiger partial charge in [-0.1, -0.05) is 83.4 Å². The third-order valence-electron chi connectivity index (χ3n) is 8.27. The second-order valence-electron chi connectivity index (χ2n) is 11.2. The number of carboxylic acids is 1. The minimum Gasteiger partial charge on any atom is -0.508 e. The van der Waals surface area contributed by atoms with Gasteiger partial charge in [-0.25, -0.2) is 0 Å². The Balaban J connectivity index is 1.54. The molecule has 0 saturated carbocycles. The van der Waals surface area contributed by atoms with Gasteiger partial charge in [-0.05, 0) is 55.5 Å². The van der Waals surface area contributed by atoms with Crippen molar-refractivity contribution in [3.05, 3.63) is 53.6 Å². The second-order valence-corrected chi connectivity index (χ2v) is 11.2. The van der Waals surface area contributed by atoms with Crippen LogP contribution in [-0.4, -0.2) is 27.9 Å². The van der Waals surface area contributed by atoms with Gasteiger partial charge in [0.05, 0.1) is 12.0 Å². The van der Waals surface area contributed by atoms with Crippen LogP contribution in [0.15, 0.2) is 42.5 Å². The van der Waals surface area contributed by atoms with Gasteiger partial charge >= 0.3 is 5.97 Å². The summed E-state index contributed by atoms with van der Waals surface area (Å²) >= 11 is 0. The van der Waals surface area contributed by atoms with Crippen LogP contribution in [0.3, 0.4) is 0 Å². The van der Waals surface area contributed by atoms with E-state index in [1.807, 2.05) is 25.1 Å². The number of ether oxygens (including phenoxy) is 1. The van der Waals surface area contributed by atoms with Crippen molar-refractivity contribution in [3.63, 3.8) is 0 Å². The predicted octanol–water partition coefficient (Wildman–Crippen LogP) is 7.93. The highest BCUT2D eigenvalue weighted by atomic mass is 16.5. The Morgan fingerprint density at radius 1 is 0.944 bits per heavy atom. The molecule has 1 heterocycles. The first-order chi connectivity index (χ1) is 17.2. The van der Waals surface area contributed by atoms with Gasteiger partial charge in [0.1, 0.15) is 17.2 Å². The fraction of sp³-hybridized carbons (Fsp3) is 0.581. The molecule has 2 aromatic carbocycles. The molecule has 198 valence electrons. The lowest BCUT2D eigenvalue weighted by Gasteiger charge is -2.43. The number of benzene rings is 2. The summed E-state index contributed by atoms with van der Waals surface area (Å²) in [5, 5.41) is 29.4. The molecule has 3 atom stereocenters. The van der Waals surface area contributed by atoms with Gasteiger partial charge in [-0.15, -0.1) is 0 Å². The van der Waals surface area contributed by atoms with Crippen LogP contribution in [0.2, 0.25) is 0 Å². The molecule has 1 aliphatic rings. The molecular formula is C31H44O5. The van der Waals surface area contributed by atoms with E-state index in [9.17, 15) is 20.1 Å². The number of unbranched alkanes of at least 4 members (excludes halogenated alkanes) is 6. The van der Waals surface area contributed by atoms with E-state index in [2.05, 4.69) is 13.8 Å². The molecule has 0 aliphatic carbocycles. The highest BCUT2D eigenvalue weighted by molar-refractivity contribution is 5.74. The van der Waals surface area contributed by atoms with Gasteiger partial charge in [-0.2, -0.15) is 0 Å². The van der Waals surface area contributed by atoms with Crippen molar-refractivity contribution in [3.8, 4) is 17.2 Å². The lowest BCUT2D eigenvalue weighted by atomic mass is 9.66. The van der Waals surface area contributed by atoms with Crippen molar-refractivity contribution in [2.24, 2.45) is 5.41 Å². The van der Waals surface area contributed by atoms with E-state index in [1.165, 1.54) is 0 Å². The molecule has 0 bridgehead atoms. The Hall–Kier alpha value is -2.69. The van der Waals surface area contributed by atoms with Crippen LogP contribution in [0, 0.1) is 5.41 Å². The normalized spacial score (nSPS) is 20.8. The van der Waals surface area contributed by atoms with E-state index in [0.717, 1.165) is 87.5 Å². The Kier molecular flexibility index (Phi) is 9.69. The summed E-state index contributed by atoms with van der Waals surface area (Å²) in [5.74, 6) is 0.837. The summed E-state index contributed by atoms with van der Waals surface area (Å²) in [6.07, 6.45) is 11.1. The zero-order valence-electron chi connectivity index (χ0n) is 22.3. The Morgan fingerprint density at radius 2 is 1.56 bits per heavy atom.